The molecule has 0 bridgehead atoms. The molecule has 0 radical (unpaired) electrons. The summed E-state index contributed by atoms with van der Waals surface area (Å²) >= 11 is 0. The van der Waals surface area contributed by atoms with Crippen molar-refractivity contribution < 1.29 is 8.42 Å². The molecular formula is C21H29N3O2S. The van der Waals surface area contributed by atoms with Crippen LogP contribution in [0.2, 0.25) is 0 Å². The third-order valence-electron chi connectivity index (χ3n) is 5.36. The van der Waals surface area contributed by atoms with Crippen molar-refractivity contribution in [2.24, 2.45) is 5.92 Å². The molecule has 0 atom stereocenters. The van der Waals surface area contributed by atoms with Gasteiger partial charge in [0.1, 0.15) is 5.82 Å². The fourth-order valence-electron chi connectivity index (χ4n) is 3.78. The zero-order chi connectivity index (χ0) is 19.4. The first-order chi connectivity index (χ1) is 12.9. The highest BCUT2D eigenvalue weighted by molar-refractivity contribution is 7.89. The van der Waals surface area contributed by atoms with E-state index in [2.05, 4.69) is 4.72 Å². The van der Waals surface area contributed by atoms with E-state index in [9.17, 15) is 8.42 Å². The Kier molecular flexibility index (Phi) is 6.17. The largest absolute Gasteiger partial charge is 0.363 e. The maximum atomic E-state index is 12.3. The van der Waals surface area contributed by atoms with Gasteiger partial charge in [0, 0.05) is 19.7 Å². The number of rotatable bonds is 6. The summed E-state index contributed by atoms with van der Waals surface area (Å²) in [6.45, 7) is 0. The van der Waals surface area contributed by atoms with Crippen molar-refractivity contribution in [2.45, 2.75) is 43.4 Å². The maximum absolute atomic E-state index is 12.3. The SMILES string of the molecule is CNS(=O)(=O)c1ccc(CC2CCCCC2)c(-c2cccc(N(C)C)n2)c1. The maximum Gasteiger partial charge on any atom is 0.240 e. The zero-order valence-electron chi connectivity index (χ0n) is 16.4. The monoisotopic (exact) mass is 387 g/mol. The van der Waals surface area contributed by atoms with Gasteiger partial charge in [-0.25, -0.2) is 18.1 Å². The van der Waals surface area contributed by atoms with Crippen LogP contribution in [-0.4, -0.2) is 34.5 Å². The highest BCUT2D eigenvalue weighted by Crippen LogP contribution is 2.32. The summed E-state index contributed by atoms with van der Waals surface area (Å²) in [7, 11) is 1.86. The minimum Gasteiger partial charge on any atom is -0.363 e. The van der Waals surface area contributed by atoms with Crippen LogP contribution in [0.4, 0.5) is 5.82 Å². The Morgan fingerprint density at radius 1 is 1.11 bits per heavy atom. The molecule has 1 aliphatic rings. The Balaban J connectivity index is 2.06. The number of nitrogens with one attached hydrogen (secondary N) is 1. The van der Waals surface area contributed by atoms with Crippen LogP contribution in [0.3, 0.4) is 0 Å². The van der Waals surface area contributed by atoms with Crippen molar-refractivity contribution in [3.63, 3.8) is 0 Å². The zero-order valence-corrected chi connectivity index (χ0v) is 17.2. The molecule has 1 saturated carbocycles. The number of aromatic nitrogens is 1. The Morgan fingerprint density at radius 2 is 1.85 bits per heavy atom. The molecule has 1 aromatic heterocycles. The molecule has 2 aromatic rings. The van der Waals surface area contributed by atoms with Gasteiger partial charge in [-0.3, -0.25) is 0 Å². The van der Waals surface area contributed by atoms with Crippen molar-refractivity contribution in [1.82, 2.24) is 9.71 Å². The first kappa shape index (κ1) is 19.8. The number of anilines is 1. The normalized spacial score (nSPS) is 15.7. The van der Waals surface area contributed by atoms with Crippen molar-refractivity contribution in [1.29, 1.82) is 0 Å². The van der Waals surface area contributed by atoms with Gasteiger partial charge in [0.15, 0.2) is 0 Å². The molecule has 0 saturated heterocycles. The molecule has 3 rings (SSSR count). The Morgan fingerprint density at radius 3 is 2.52 bits per heavy atom. The highest BCUT2D eigenvalue weighted by Gasteiger charge is 2.20. The Hall–Kier alpha value is -1.92. The molecule has 1 heterocycles. The molecule has 0 amide bonds. The summed E-state index contributed by atoms with van der Waals surface area (Å²) < 4.78 is 27.1. The van der Waals surface area contributed by atoms with E-state index in [1.54, 1.807) is 12.1 Å². The van der Waals surface area contributed by atoms with E-state index in [1.807, 2.05) is 43.3 Å². The summed E-state index contributed by atoms with van der Waals surface area (Å²) in [6, 6.07) is 11.3. The van der Waals surface area contributed by atoms with Gasteiger partial charge < -0.3 is 4.90 Å². The van der Waals surface area contributed by atoms with Crippen molar-refractivity contribution in [3.05, 3.63) is 42.0 Å². The van der Waals surface area contributed by atoms with E-state index in [0.29, 0.717) is 5.92 Å². The van der Waals surface area contributed by atoms with Crippen LogP contribution in [0.25, 0.3) is 11.3 Å². The Labute approximate surface area is 162 Å². The summed E-state index contributed by atoms with van der Waals surface area (Å²) in [6.07, 6.45) is 7.39. The van der Waals surface area contributed by atoms with Crippen LogP contribution in [0, 0.1) is 5.92 Å². The van der Waals surface area contributed by atoms with Gasteiger partial charge in [0.25, 0.3) is 0 Å². The molecule has 0 aliphatic heterocycles. The van der Waals surface area contributed by atoms with Crippen molar-refractivity contribution in [3.8, 4) is 11.3 Å². The van der Waals surface area contributed by atoms with E-state index in [1.165, 1.54) is 44.7 Å². The molecule has 27 heavy (non-hydrogen) atoms. The summed E-state index contributed by atoms with van der Waals surface area (Å²) in [5.41, 5.74) is 2.92. The minimum atomic E-state index is -3.49. The van der Waals surface area contributed by atoms with Gasteiger partial charge in [-0.1, -0.05) is 44.2 Å². The quantitative estimate of drug-likeness (QED) is 0.818. The van der Waals surface area contributed by atoms with Crippen molar-refractivity contribution in [2.75, 3.05) is 26.0 Å². The number of nitrogens with zero attached hydrogens (tertiary/aromatic N) is 2. The van der Waals surface area contributed by atoms with Gasteiger partial charge in [-0.15, -0.1) is 0 Å². The molecule has 6 heteroatoms. The van der Waals surface area contributed by atoms with Gasteiger partial charge in [-0.2, -0.15) is 0 Å². The number of sulfonamides is 1. The molecule has 1 aliphatic carbocycles. The lowest BCUT2D eigenvalue weighted by Gasteiger charge is -2.23. The van der Waals surface area contributed by atoms with Crippen LogP contribution >= 0.6 is 0 Å². The lowest BCUT2D eigenvalue weighted by molar-refractivity contribution is 0.357. The predicted octanol–water partition coefficient (Wildman–Crippen LogP) is 3.85. The lowest BCUT2D eigenvalue weighted by atomic mass is 9.83. The lowest BCUT2D eigenvalue weighted by Crippen LogP contribution is -2.19. The predicted molar refractivity (Wildman–Crippen MR) is 111 cm³/mol. The molecular weight excluding hydrogens is 358 g/mol. The van der Waals surface area contributed by atoms with Crippen LogP contribution in [0.15, 0.2) is 41.3 Å². The van der Waals surface area contributed by atoms with Gasteiger partial charge in [-0.05, 0) is 49.2 Å². The molecule has 5 nitrogen and oxygen atoms in total. The van der Waals surface area contributed by atoms with Gasteiger partial charge >= 0.3 is 0 Å². The van der Waals surface area contributed by atoms with Gasteiger partial charge in [0.2, 0.25) is 10.0 Å². The molecule has 0 spiro atoms. The number of hydrogen-bond acceptors (Lipinski definition) is 4. The van der Waals surface area contributed by atoms with Gasteiger partial charge in [0.05, 0.1) is 10.6 Å². The van der Waals surface area contributed by atoms with E-state index in [0.717, 1.165) is 23.5 Å². The van der Waals surface area contributed by atoms with E-state index >= 15 is 0 Å². The summed E-state index contributed by atoms with van der Waals surface area (Å²) in [4.78, 5) is 6.99. The molecule has 0 unspecified atom stereocenters. The smallest absolute Gasteiger partial charge is 0.240 e. The first-order valence-corrected chi connectivity index (χ1v) is 11.1. The molecule has 1 aromatic carbocycles. The number of pyridine rings is 1. The second-order valence-electron chi connectivity index (χ2n) is 7.51. The highest BCUT2D eigenvalue weighted by atomic mass is 32.2. The van der Waals surface area contributed by atoms with Crippen LogP contribution in [0.1, 0.15) is 37.7 Å². The van der Waals surface area contributed by atoms with E-state index in [4.69, 9.17) is 4.98 Å². The standard InChI is InChI=1S/C21H29N3O2S/c1-22-27(25,26)18-13-12-17(14-16-8-5-4-6-9-16)19(15-18)20-10-7-11-21(23-20)24(2)3/h7,10-13,15-16,22H,4-6,8-9,14H2,1-3H3. The third-order valence-corrected chi connectivity index (χ3v) is 6.77. The molecule has 1 N–H and O–H groups in total. The second kappa shape index (κ2) is 8.40. The van der Waals surface area contributed by atoms with Crippen LogP contribution in [-0.2, 0) is 16.4 Å². The number of benzene rings is 1. The second-order valence-corrected chi connectivity index (χ2v) is 9.40. The van der Waals surface area contributed by atoms with Crippen LogP contribution in [0.5, 0.6) is 0 Å². The molecule has 146 valence electrons. The number of hydrogen-bond donors (Lipinski definition) is 1. The van der Waals surface area contributed by atoms with Crippen molar-refractivity contribution >= 4 is 15.8 Å². The third kappa shape index (κ3) is 4.68. The average molecular weight is 388 g/mol. The molecule has 1 fully saturated rings. The topological polar surface area (TPSA) is 62.3 Å². The fourth-order valence-corrected chi connectivity index (χ4v) is 4.54. The Bertz CT molecular complexity index is 888. The van der Waals surface area contributed by atoms with E-state index in [-0.39, 0.29) is 4.90 Å². The average Bonchev–Trinajstić information content (AvgIpc) is 2.69. The summed E-state index contributed by atoms with van der Waals surface area (Å²) in [5.74, 6) is 1.53. The fraction of sp³-hybridized carbons (Fsp3) is 0.476. The summed E-state index contributed by atoms with van der Waals surface area (Å²) in [5, 5.41) is 0. The van der Waals surface area contributed by atoms with Crippen LogP contribution < -0.4 is 9.62 Å². The first-order valence-electron chi connectivity index (χ1n) is 9.62. The van der Waals surface area contributed by atoms with E-state index < -0.39 is 10.0 Å². The minimum absolute atomic E-state index is 0.282.